The van der Waals surface area contributed by atoms with E-state index < -0.39 is 5.97 Å². The standard InChI is InChI=1S/C22H21NO3S/c1-3-20(24)23(14-16-11-9-15(2)10-12-16)18-13-19(27-21(18)22(25)26)17-7-5-4-6-8-17/h4-13H,3,14H2,1-2H3,(H,25,26). The molecule has 0 saturated heterocycles. The summed E-state index contributed by atoms with van der Waals surface area (Å²) in [6.45, 7) is 4.14. The maximum atomic E-state index is 12.6. The van der Waals surface area contributed by atoms with Crippen molar-refractivity contribution in [1.82, 2.24) is 0 Å². The van der Waals surface area contributed by atoms with Gasteiger partial charge in [-0.1, -0.05) is 67.1 Å². The molecule has 0 bridgehead atoms. The fraction of sp³-hybridized carbons (Fsp3) is 0.182. The summed E-state index contributed by atoms with van der Waals surface area (Å²) >= 11 is 1.20. The first-order valence-electron chi connectivity index (χ1n) is 8.78. The van der Waals surface area contributed by atoms with E-state index in [2.05, 4.69) is 0 Å². The molecule has 1 heterocycles. The topological polar surface area (TPSA) is 57.6 Å². The second-order valence-electron chi connectivity index (χ2n) is 6.32. The summed E-state index contributed by atoms with van der Waals surface area (Å²) in [7, 11) is 0. The Morgan fingerprint density at radius 3 is 2.30 bits per heavy atom. The zero-order valence-electron chi connectivity index (χ0n) is 15.3. The van der Waals surface area contributed by atoms with Crippen molar-refractivity contribution >= 4 is 28.9 Å². The lowest BCUT2D eigenvalue weighted by Crippen LogP contribution is -2.30. The maximum absolute atomic E-state index is 12.6. The van der Waals surface area contributed by atoms with Crippen molar-refractivity contribution in [3.63, 3.8) is 0 Å². The van der Waals surface area contributed by atoms with Crippen LogP contribution in [-0.2, 0) is 11.3 Å². The number of amides is 1. The second-order valence-corrected chi connectivity index (χ2v) is 7.37. The summed E-state index contributed by atoms with van der Waals surface area (Å²) in [5.74, 6) is -1.12. The van der Waals surface area contributed by atoms with Crippen LogP contribution in [0.5, 0.6) is 0 Å². The Morgan fingerprint density at radius 1 is 1.04 bits per heavy atom. The lowest BCUT2D eigenvalue weighted by molar-refractivity contribution is -0.118. The molecule has 0 radical (unpaired) electrons. The quantitative estimate of drug-likeness (QED) is 0.627. The van der Waals surface area contributed by atoms with Crippen LogP contribution >= 0.6 is 11.3 Å². The van der Waals surface area contributed by atoms with Crippen molar-refractivity contribution in [3.8, 4) is 10.4 Å². The number of aromatic carboxylic acids is 1. The highest BCUT2D eigenvalue weighted by atomic mass is 32.1. The molecule has 0 spiro atoms. The number of aryl methyl sites for hydroxylation is 1. The van der Waals surface area contributed by atoms with Gasteiger partial charge in [-0.15, -0.1) is 11.3 Å². The number of nitrogens with zero attached hydrogens (tertiary/aromatic N) is 1. The van der Waals surface area contributed by atoms with Crippen molar-refractivity contribution in [2.45, 2.75) is 26.8 Å². The number of hydrogen-bond donors (Lipinski definition) is 1. The normalized spacial score (nSPS) is 10.6. The molecule has 1 N–H and O–H groups in total. The highest BCUT2D eigenvalue weighted by Crippen LogP contribution is 2.37. The van der Waals surface area contributed by atoms with E-state index in [1.54, 1.807) is 11.8 Å². The molecule has 1 amide bonds. The van der Waals surface area contributed by atoms with Crippen LogP contribution in [0.1, 0.15) is 34.1 Å². The molecule has 0 aliphatic rings. The zero-order chi connectivity index (χ0) is 19.4. The molecule has 0 aliphatic heterocycles. The van der Waals surface area contributed by atoms with E-state index in [-0.39, 0.29) is 10.8 Å². The molecule has 3 rings (SSSR count). The average Bonchev–Trinajstić information content (AvgIpc) is 3.13. The summed E-state index contributed by atoms with van der Waals surface area (Å²) in [5.41, 5.74) is 3.50. The number of hydrogen-bond acceptors (Lipinski definition) is 3. The summed E-state index contributed by atoms with van der Waals surface area (Å²) < 4.78 is 0. The smallest absolute Gasteiger partial charge is 0.348 e. The van der Waals surface area contributed by atoms with Crippen LogP contribution in [0.15, 0.2) is 60.7 Å². The summed E-state index contributed by atoms with van der Waals surface area (Å²) in [6.07, 6.45) is 0.307. The van der Waals surface area contributed by atoms with E-state index in [4.69, 9.17) is 0 Å². The number of benzene rings is 2. The third-order valence-electron chi connectivity index (χ3n) is 4.32. The number of carbonyl (C=O) groups excluding carboxylic acids is 1. The lowest BCUT2D eigenvalue weighted by atomic mass is 10.1. The molecule has 0 atom stereocenters. The minimum Gasteiger partial charge on any atom is -0.477 e. The van der Waals surface area contributed by atoms with Crippen LogP contribution in [0.25, 0.3) is 10.4 Å². The first-order valence-corrected chi connectivity index (χ1v) is 9.59. The number of carboxylic acid groups (broad SMARTS) is 1. The van der Waals surface area contributed by atoms with Crippen LogP contribution < -0.4 is 4.90 Å². The first-order chi connectivity index (χ1) is 13.0. The Hall–Kier alpha value is -2.92. The summed E-state index contributed by atoms with van der Waals surface area (Å²) in [6, 6.07) is 19.3. The molecule has 1 aromatic heterocycles. The molecule has 0 aliphatic carbocycles. The Labute approximate surface area is 162 Å². The number of carbonyl (C=O) groups is 2. The van der Waals surface area contributed by atoms with E-state index in [0.717, 1.165) is 21.6 Å². The van der Waals surface area contributed by atoms with Crippen molar-refractivity contribution in [2.75, 3.05) is 4.90 Å². The van der Waals surface area contributed by atoms with E-state index in [9.17, 15) is 14.7 Å². The minimum absolute atomic E-state index is 0.101. The summed E-state index contributed by atoms with van der Waals surface area (Å²) in [5, 5.41) is 9.70. The van der Waals surface area contributed by atoms with Gasteiger partial charge < -0.3 is 10.0 Å². The largest absolute Gasteiger partial charge is 0.477 e. The molecule has 0 unspecified atom stereocenters. The highest BCUT2D eigenvalue weighted by Gasteiger charge is 2.24. The molecule has 4 nitrogen and oxygen atoms in total. The first kappa shape index (κ1) is 18.9. The van der Waals surface area contributed by atoms with Gasteiger partial charge >= 0.3 is 5.97 Å². The van der Waals surface area contributed by atoms with Crippen molar-refractivity contribution in [1.29, 1.82) is 0 Å². The van der Waals surface area contributed by atoms with Crippen LogP contribution in [0.2, 0.25) is 0 Å². The van der Waals surface area contributed by atoms with Gasteiger partial charge in [0.05, 0.1) is 12.2 Å². The second kappa shape index (κ2) is 8.18. The number of anilines is 1. The molecular weight excluding hydrogens is 358 g/mol. The van der Waals surface area contributed by atoms with Gasteiger partial charge in [0.2, 0.25) is 5.91 Å². The molecule has 27 heavy (non-hydrogen) atoms. The van der Waals surface area contributed by atoms with Gasteiger partial charge in [-0.3, -0.25) is 4.79 Å². The molecule has 138 valence electrons. The monoisotopic (exact) mass is 379 g/mol. The van der Waals surface area contributed by atoms with Crippen LogP contribution in [0.4, 0.5) is 5.69 Å². The van der Waals surface area contributed by atoms with Crippen molar-refractivity contribution < 1.29 is 14.7 Å². The van der Waals surface area contributed by atoms with Gasteiger partial charge in [0.1, 0.15) is 4.88 Å². The molecule has 5 heteroatoms. The van der Waals surface area contributed by atoms with E-state index in [0.29, 0.717) is 18.7 Å². The van der Waals surface area contributed by atoms with Gasteiger partial charge in [-0.25, -0.2) is 4.79 Å². The number of carboxylic acids is 1. The molecular formula is C22H21NO3S. The predicted molar refractivity (Wildman–Crippen MR) is 109 cm³/mol. The highest BCUT2D eigenvalue weighted by molar-refractivity contribution is 7.18. The average molecular weight is 379 g/mol. The van der Waals surface area contributed by atoms with Crippen molar-refractivity contribution in [2.24, 2.45) is 0 Å². The molecule has 0 saturated carbocycles. The third kappa shape index (κ3) is 4.26. The number of rotatable bonds is 6. The van der Waals surface area contributed by atoms with Gasteiger partial charge in [0.25, 0.3) is 0 Å². The Balaban J connectivity index is 2.05. The molecule has 0 fully saturated rings. The Bertz CT molecular complexity index is 945. The van der Waals surface area contributed by atoms with Crippen molar-refractivity contribution in [3.05, 3.63) is 76.7 Å². The fourth-order valence-corrected chi connectivity index (χ4v) is 3.86. The van der Waals surface area contributed by atoms with E-state index >= 15 is 0 Å². The fourth-order valence-electron chi connectivity index (χ4n) is 2.85. The SMILES string of the molecule is CCC(=O)N(Cc1ccc(C)cc1)c1cc(-c2ccccc2)sc1C(=O)O. The maximum Gasteiger partial charge on any atom is 0.348 e. The minimum atomic E-state index is -1.02. The van der Waals surface area contributed by atoms with Crippen LogP contribution in [-0.4, -0.2) is 17.0 Å². The van der Waals surface area contributed by atoms with Crippen LogP contribution in [0.3, 0.4) is 0 Å². The Kier molecular flexibility index (Phi) is 5.72. The zero-order valence-corrected chi connectivity index (χ0v) is 16.1. The van der Waals surface area contributed by atoms with Crippen LogP contribution in [0, 0.1) is 6.92 Å². The van der Waals surface area contributed by atoms with E-state index in [1.165, 1.54) is 11.3 Å². The number of thiophene rings is 1. The van der Waals surface area contributed by atoms with E-state index in [1.807, 2.05) is 67.6 Å². The van der Waals surface area contributed by atoms with Gasteiger partial charge in [-0.05, 0) is 24.1 Å². The third-order valence-corrected chi connectivity index (χ3v) is 5.48. The predicted octanol–water partition coefficient (Wildman–Crippen LogP) is 5.36. The lowest BCUT2D eigenvalue weighted by Gasteiger charge is -2.22. The van der Waals surface area contributed by atoms with Gasteiger partial charge in [-0.2, -0.15) is 0 Å². The summed E-state index contributed by atoms with van der Waals surface area (Å²) in [4.78, 5) is 27.1. The molecule has 3 aromatic rings. The molecule has 2 aromatic carbocycles. The van der Waals surface area contributed by atoms with Gasteiger partial charge in [0, 0.05) is 11.3 Å². The Morgan fingerprint density at radius 2 is 1.70 bits per heavy atom. The van der Waals surface area contributed by atoms with Gasteiger partial charge in [0.15, 0.2) is 0 Å².